The van der Waals surface area contributed by atoms with Gasteiger partial charge in [0, 0.05) is 16.5 Å². The fraction of sp³-hybridized carbons (Fsp3) is 0.118. The second-order valence-electron chi connectivity index (χ2n) is 5.21. The number of benzene rings is 2. The minimum Gasteiger partial charge on any atom is -0.461 e. The highest BCUT2D eigenvalue weighted by molar-refractivity contribution is 7.89. The first-order chi connectivity index (χ1) is 11.4. The molecule has 0 aliphatic carbocycles. The van der Waals surface area contributed by atoms with Crippen molar-refractivity contribution in [2.24, 2.45) is 5.14 Å². The molecule has 3 aromatic rings. The lowest BCUT2D eigenvalue weighted by Crippen LogP contribution is -2.11. The highest BCUT2D eigenvalue weighted by Crippen LogP contribution is 2.34. The molecule has 0 fully saturated rings. The molecule has 124 valence electrons. The van der Waals surface area contributed by atoms with Gasteiger partial charge in [-0.2, -0.15) is 0 Å². The smallest absolute Gasteiger partial charge is 0.355 e. The van der Waals surface area contributed by atoms with Crippen LogP contribution in [0.2, 0.25) is 0 Å². The van der Waals surface area contributed by atoms with E-state index in [0.717, 1.165) is 5.56 Å². The van der Waals surface area contributed by atoms with Crippen molar-refractivity contribution < 1.29 is 17.9 Å². The molecule has 0 saturated heterocycles. The SMILES string of the molecule is CCOC(=O)c1[nH]c2ccc(S(N)(=O)=O)cc2c1-c1ccccc1. The van der Waals surface area contributed by atoms with Gasteiger partial charge in [0.05, 0.1) is 11.5 Å². The van der Waals surface area contributed by atoms with Crippen LogP contribution in [-0.4, -0.2) is 26.0 Å². The van der Waals surface area contributed by atoms with Crippen LogP contribution in [0.25, 0.3) is 22.0 Å². The molecule has 1 heterocycles. The van der Waals surface area contributed by atoms with Gasteiger partial charge in [0.15, 0.2) is 0 Å². The van der Waals surface area contributed by atoms with Crippen molar-refractivity contribution >= 4 is 26.9 Å². The minimum absolute atomic E-state index is 0.0124. The zero-order valence-corrected chi connectivity index (χ0v) is 13.8. The van der Waals surface area contributed by atoms with Crippen LogP contribution in [0.4, 0.5) is 0 Å². The molecule has 1 aromatic heterocycles. The Labute approximate surface area is 139 Å². The van der Waals surface area contributed by atoms with Crippen LogP contribution in [-0.2, 0) is 14.8 Å². The number of esters is 1. The van der Waals surface area contributed by atoms with Gasteiger partial charge in [0.25, 0.3) is 0 Å². The van der Waals surface area contributed by atoms with Crippen molar-refractivity contribution in [3.8, 4) is 11.1 Å². The van der Waals surface area contributed by atoms with Crippen LogP contribution < -0.4 is 5.14 Å². The number of ether oxygens (including phenoxy) is 1. The number of aromatic amines is 1. The van der Waals surface area contributed by atoms with Crippen molar-refractivity contribution in [3.05, 3.63) is 54.2 Å². The predicted octanol–water partition coefficient (Wildman–Crippen LogP) is 2.66. The highest BCUT2D eigenvalue weighted by atomic mass is 32.2. The summed E-state index contributed by atoms with van der Waals surface area (Å²) in [6, 6.07) is 13.7. The number of primary sulfonamides is 1. The summed E-state index contributed by atoms with van der Waals surface area (Å²) in [7, 11) is -3.84. The van der Waals surface area contributed by atoms with Crippen molar-refractivity contribution in [1.29, 1.82) is 0 Å². The second kappa shape index (κ2) is 6.10. The third kappa shape index (κ3) is 2.91. The number of aromatic nitrogens is 1. The molecule has 0 amide bonds. The number of carbonyl (C=O) groups is 1. The van der Waals surface area contributed by atoms with Gasteiger partial charge in [0.1, 0.15) is 5.69 Å². The highest BCUT2D eigenvalue weighted by Gasteiger charge is 2.21. The van der Waals surface area contributed by atoms with Crippen LogP contribution >= 0.6 is 0 Å². The molecule has 6 nitrogen and oxygen atoms in total. The lowest BCUT2D eigenvalue weighted by atomic mass is 10.0. The van der Waals surface area contributed by atoms with E-state index in [9.17, 15) is 13.2 Å². The van der Waals surface area contributed by atoms with E-state index in [-0.39, 0.29) is 17.2 Å². The number of nitrogens with two attached hydrogens (primary N) is 1. The normalized spacial score (nSPS) is 11.6. The molecule has 24 heavy (non-hydrogen) atoms. The summed E-state index contributed by atoms with van der Waals surface area (Å²) in [4.78, 5) is 15.3. The lowest BCUT2D eigenvalue weighted by molar-refractivity contribution is 0.0521. The zero-order valence-electron chi connectivity index (χ0n) is 12.9. The Balaban J connectivity index is 2.33. The maximum atomic E-state index is 12.3. The number of carbonyl (C=O) groups excluding carboxylic acids is 1. The zero-order chi connectivity index (χ0) is 17.3. The Kier molecular flexibility index (Phi) is 4.13. The Morgan fingerprint density at radius 3 is 2.50 bits per heavy atom. The number of hydrogen-bond donors (Lipinski definition) is 2. The van der Waals surface area contributed by atoms with Gasteiger partial charge < -0.3 is 9.72 Å². The van der Waals surface area contributed by atoms with Gasteiger partial charge in [-0.05, 0) is 30.7 Å². The number of nitrogens with one attached hydrogen (secondary N) is 1. The molecule has 0 bridgehead atoms. The van der Waals surface area contributed by atoms with E-state index < -0.39 is 16.0 Å². The Morgan fingerprint density at radius 1 is 1.17 bits per heavy atom. The fourth-order valence-electron chi connectivity index (χ4n) is 2.61. The van der Waals surface area contributed by atoms with Crippen LogP contribution in [0.5, 0.6) is 0 Å². The van der Waals surface area contributed by atoms with Crippen molar-refractivity contribution in [2.75, 3.05) is 6.61 Å². The molecule has 7 heteroatoms. The van der Waals surface area contributed by atoms with E-state index in [2.05, 4.69) is 4.98 Å². The first kappa shape index (κ1) is 16.2. The number of sulfonamides is 1. The van der Waals surface area contributed by atoms with Gasteiger partial charge in [-0.25, -0.2) is 18.4 Å². The predicted molar refractivity (Wildman–Crippen MR) is 91.1 cm³/mol. The van der Waals surface area contributed by atoms with Gasteiger partial charge in [0.2, 0.25) is 10.0 Å². The maximum absolute atomic E-state index is 12.3. The van der Waals surface area contributed by atoms with E-state index in [4.69, 9.17) is 9.88 Å². The largest absolute Gasteiger partial charge is 0.461 e. The molecule has 2 aromatic carbocycles. The molecule has 0 atom stereocenters. The third-order valence-corrected chi connectivity index (χ3v) is 4.55. The minimum atomic E-state index is -3.84. The van der Waals surface area contributed by atoms with E-state index in [1.807, 2.05) is 30.3 Å². The van der Waals surface area contributed by atoms with Crippen molar-refractivity contribution in [2.45, 2.75) is 11.8 Å². The van der Waals surface area contributed by atoms with E-state index in [1.54, 1.807) is 13.0 Å². The molecular formula is C17H16N2O4S. The first-order valence-corrected chi connectivity index (χ1v) is 8.87. The first-order valence-electron chi connectivity index (χ1n) is 7.33. The molecule has 3 N–H and O–H groups in total. The quantitative estimate of drug-likeness (QED) is 0.710. The summed E-state index contributed by atoms with van der Waals surface area (Å²) in [6.45, 7) is 1.96. The molecule has 3 rings (SSSR count). The van der Waals surface area contributed by atoms with Gasteiger partial charge in [-0.15, -0.1) is 0 Å². The van der Waals surface area contributed by atoms with Gasteiger partial charge in [-0.3, -0.25) is 0 Å². The molecule has 0 aliphatic rings. The fourth-order valence-corrected chi connectivity index (χ4v) is 3.15. The number of hydrogen-bond acceptors (Lipinski definition) is 4. The van der Waals surface area contributed by atoms with Crippen LogP contribution in [0.15, 0.2) is 53.4 Å². The molecule has 0 saturated carbocycles. The average molecular weight is 344 g/mol. The third-order valence-electron chi connectivity index (χ3n) is 3.64. The van der Waals surface area contributed by atoms with E-state index in [1.165, 1.54) is 12.1 Å². The number of rotatable bonds is 4. The summed E-state index contributed by atoms with van der Waals surface area (Å²) < 4.78 is 28.4. The Bertz CT molecular complexity index is 1010. The van der Waals surface area contributed by atoms with E-state index >= 15 is 0 Å². The number of fused-ring (bicyclic) bond motifs is 1. The molecule has 0 spiro atoms. The van der Waals surface area contributed by atoms with E-state index in [0.29, 0.717) is 16.5 Å². The second-order valence-corrected chi connectivity index (χ2v) is 6.78. The molecular weight excluding hydrogens is 328 g/mol. The van der Waals surface area contributed by atoms with Crippen LogP contribution in [0.3, 0.4) is 0 Å². The lowest BCUT2D eigenvalue weighted by Gasteiger charge is -2.05. The van der Waals surface area contributed by atoms with Crippen LogP contribution in [0.1, 0.15) is 17.4 Å². The van der Waals surface area contributed by atoms with Gasteiger partial charge in [-0.1, -0.05) is 30.3 Å². The molecule has 0 unspecified atom stereocenters. The van der Waals surface area contributed by atoms with Crippen LogP contribution in [0, 0.1) is 0 Å². The summed E-state index contributed by atoms with van der Waals surface area (Å²) in [5, 5.41) is 5.81. The summed E-state index contributed by atoms with van der Waals surface area (Å²) in [5.74, 6) is -0.496. The van der Waals surface area contributed by atoms with Crippen molar-refractivity contribution in [3.63, 3.8) is 0 Å². The summed E-state index contributed by atoms with van der Waals surface area (Å²) in [5.41, 5.74) is 2.28. The standard InChI is InChI=1S/C17H16N2O4S/c1-2-23-17(20)16-15(11-6-4-3-5-7-11)13-10-12(24(18,21)22)8-9-14(13)19-16/h3-10,19H,2H2,1H3,(H2,18,21,22). The number of H-pyrrole nitrogens is 1. The molecule has 0 aliphatic heterocycles. The molecule has 0 radical (unpaired) electrons. The summed E-state index contributed by atoms with van der Waals surface area (Å²) in [6.07, 6.45) is 0. The van der Waals surface area contributed by atoms with Crippen molar-refractivity contribution in [1.82, 2.24) is 4.98 Å². The monoisotopic (exact) mass is 344 g/mol. The average Bonchev–Trinajstić information content (AvgIpc) is 2.93. The Hall–Kier alpha value is -2.64. The Morgan fingerprint density at radius 2 is 1.88 bits per heavy atom. The topological polar surface area (TPSA) is 102 Å². The van der Waals surface area contributed by atoms with Gasteiger partial charge >= 0.3 is 5.97 Å². The summed E-state index contributed by atoms with van der Waals surface area (Å²) >= 11 is 0. The maximum Gasteiger partial charge on any atom is 0.355 e.